The quantitative estimate of drug-likeness (QED) is 0.840. The molecule has 0 saturated carbocycles. The SMILES string of the molecule is CCC(CN)(Cc1ccc(Cl)cc1Cl)c1ccccc1. The molecule has 0 fully saturated rings. The summed E-state index contributed by atoms with van der Waals surface area (Å²) in [6, 6.07) is 16.1. The van der Waals surface area contributed by atoms with Gasteiger partial charge in [0.1, 0.15) is 0 Å². The molecule has 0 aliphatic carbocycles. The molecule has 0 aliphatic heterocycles. The number of hydrogen-bond acceptors (Lipinski definition) is 1. The number of rotatable bonds is 5. The Kier molecular flexibility index (Phi) is 5.09. The Balaban J connectivity index is 2.39. The standard InChI is InChI=1S/C17H19Cl2N/c1-2-17(12-20,14-6-4-3-5-7-14)11-13-8-9-15(18)10-16(13)19/h3-10H,2,11-12,20H2,1H3. The fourth-order valence-corrected chi connectivity index (χ4v) is 3.06. The van der Waals surface area contributed by atoms with E-state index in [0.717, 1.165) is 18.4 Å². The van der Waals surface area contributed by atoms with Crippen LogP contribution in [-0.2, 0) is 11.8 Å². The third-order valence-corrected chi connectivity index (χ3v) is 4.58. The minimum absolute atomic E-state index is 0.0846. The van der Waals surface area contributed by atoms with Gasteiger partial charge >= 0.3 is 0 Å². The van der Waals surface area contributed by atoms with E-state index in [4.69, 9.17) is 28.9 Å². The van der Waals surface area contributed by atoms with E-state index in [1.54, 1.807) is 6.07 Å². The molecule has 0 spiro atoms. The highest BCUT2D eigenvalue weighted by Crippen LogP contribution is 2.34. The first-order chi connectivity index (χ1) is 9.61. The Bertz CT molecular complexity index is 562. The number of hydrogen-bond donors (Lipinski definition) is 1. The van der Waals surface area contributed by atoms with E-state index in [-0.39, 0.29) is 5.41 Å². The second-order valence-electron chi connectivity index (χ2n) is 5.12. The first kappa shape index (κ1) is 15.4. The second-order valence-corrected chi connectivity index (χ2v) is 5.96. The molecule has 3 heteroatoms. The summed E-state index contributed by atoms with van der Waals surface area (Å²) in [7, 11) is 0. The summed E-state index contributed by atoms with van der Waals surface area (Å²) in [5, 5.41) is 1.37. The molecule has 0 aromatic heterocycles. The monoisotopic (exact) mass is 307 g/mol. The predicted molar refractivity (Wildman–Crippen MR) is 87.6 cm³/mol. The molecule has 0 heterocycles. The lowest BCUT2D eigenvalue weighted by Crippen LogP contribution is -2.36. The lowest BCUT2D eigenvalue weighted by Gasteiger charge is -2.32. The molecule has 106 valence electrons. The third-order valence-electron chi connectivity index (χ3n) is 4.00. The van der Waals surface area contributed by atoms with E-state index in [9.17, 15) is 0 Å². The van der Waals surface area contributed by atoms with Crippen LogP contribution < -0.4 is 5.73 Å². The molecule has 20 heavy (non-hydrogen) atoms. The van der Waals surface area contributed by atoms with Crippen molar-refractivity contribution in [2.24, 2.45) is 5.73 Å². The number of nitrogens with two attached hydrogens (primary N) is 1. The van der Waals surface area contributed by atoms with E-state index < -0.39 is 0 Å². The van der Waals surface area contributed by atoms with Crippen LogP contribution in [0.15, 0.2) is 48.5 Å². The Morgan fingerprint density at radius 3 is 2.30 bits per heavy atom. The molecule has 0 bridgehead atoms. The van der Waals surface area contributed by atoms with Crippen molar-refractivity contribution in [2.45, 2.75) is 25.2 Å². The normalized spacial score (nSPS) is 14.0. The van der Waals surface area contributed by atoms with Crippen LogP contribution in [0.5, 0.6) is 0 Å². The highest BCUT2D eigenvalue weighted by Gasteiger charge is 2.29. The molecule has 2 aromatic rings. The minimum atomic E-state index is -0.0846. The Morgan fingerprint density at radius 2 is 1.75 bits per heavy atom. The van der Waals surface area contributed by atoms with Gasteiger partial charge in [-0.1, -0.05) is 66.5 Å². The molecule has 0 saturated heterocycles. The zero-order valence-corrected chi connectivity index (χ0v) is 13.1. The molecule has 1 atom stereocenters. The van der Waals surface area contributed by atoms with E-state index in [1.807, 2.05) is 18.2 Å². The fourth-order valence-electron chi connectivity index (χ4n) is 2.59. The Labute approximate surface area is 130 Å². The smallest absolute Gasteiger partial charge is 0.0453 e. The number of benzene rings is 2. The van der Waals surface area contributed by atoms with Crippen molar-refractivity contribution in [2.75, 3.05) is 6.54 Å². The molecule has 0 amide bonds. The van der Waals surface area contributed by atoms with Gasteiger partial charge in [-0.25, -0.2) is 0 Å². The van der Waals surface area contributed by atoms with Gasteiger partial charge in [0, 0.05) is 22.0 Å². The van der Waals surface area contributed by atoms with Gasteiger partial charge < -0.3 is 5.73 Å². The molecular formula is C17H19Cl2N. The minimum Gasteiger partial charge on any atom is -0.330 e. The molecule has 2 N–H and O–H groups in total. The van der Waals surface area contributed by atoms with Crippen LogP contribution in [0.25, 0.3) is 0 Å². The van der Waals surface area contributed by atoms with Crippen molar-refractivity contribution < 1.29 is 0 Å². The molecule has 1 unspecified atom stereocenters. The maximum atomic E-state index is 6.31. The summed E-state index contributed by atoms with van der Waals surface area (Å²) in [5.41, 5.74) is 8.37. The van der Waals surface area contributed by atoms with Crippen LogP contribution in [0.3, 0.4) is 0 Å². The maximum Gasteiger partial charge on any atom is 0.0453 e. The maximum absolute atomic E-state index is 6.31. The molecule has 2 rings (SSSR count). The van der Waals surface area contributed by atoms with Gasteiger partial charge in [-0.3, -0.25) is 0 Å². The van der Waals surface area contributed by atoms with E-state index in [1.165, 1.54) is 5.56 Å². The van der Waals surface area contributed by atoms with Crippen molar-refractivity contribution in [3.63, 3.8) is 0 Å². The average Bonchev–Trinajstić information content (AvgIpc) is 2.48. The lowest BCUT2D eigenvalue weighted by atomic mass is 9.73. The van der Waals surface area contributed by atoms with Gasteiger partial charge in [0.25, 0.3) is 0 Å². The average molecular weight is 308 g/mol. The Hall–Kier alpha value is -1.02. The van der Waals surface area contributed by atoms with Crippen LogP contribution in [-0.4, -0.2) is 6.54 Å². The first-order valence-electron chi connectivity index (χ1n) is 6.81. The van der Waals surface area contributed by atoms with Gasteiger partial charge in [0.15, 0.2) is 0 Å². The summed E-state index contributed by atoms with van der Waals surface area (Å²) in [4.78, 5) is 0. The summed E-state index contributed by atoms with van der Waals surface area (Å²) in [6.07, 6.45) is 1.78. The van der Waals surface area contributed by atoms with E-state index in [0.29, 0.717) is 16.6 Å². The van der Waals surface area contributed by atoms with Gasteiger partial charge in [-0.05, 0) is 36.1 Å². The molecule has 0 radical (unpaired) electrons. The van der Waals surface area contributed by atoms with Crippen LogP contribution in [0.2, 0.25) is 10.0 Å². The van der Waals surface area contributed by atoms with Crippen molar-refractivity contribution in [1.82, 2.24) is 0 Å². The third kappa shape index (κ3) is 3.17. The lowest BCUT2D eigenvalue weighted by molar-refractivity contribution is 0.418. The van der Waals surface area contributed by atoms with E-state index in [2.05, 4.69) is 31.2 Å². The zero-order valence-electron chi connectivity index (χ0n) is 11.6. The topological polar surface area (TPSA) is 26.0 Å². The molecule has 2 aromatic carbocycles. The number of halogens is 2. The summed E-state index contributed by atoms with van der Waals surface area (Å²) in [6.45, 7) is 2.76. The van der Waals surface area contributed by atoms with Crippen molar-refractivity contribution >= 4 is 23.2 Å². The fraction of sp³-hybridized carbons (Fsp3) is 0.294. The Morgan fingerprint density at radius 1 is 1.05 bits per heavy atom. The molecule has 0 aliphatic rings. The van der Waals surface area contributed by atoms with Gasteiger partial charge in [0.2, 0.25) is 0 Å². The highest BCUT2D eigenvalue weighted by molar-refractivity contribution is 6.35. The summed E-state index contributed by atoms with van der Waals surface area (Å²) < 4.78 is 0. The van der Waals surface area contributed by atoms with Crippen LogP contribution in [0, 0.1) is 0 Å². The van der Waals surface area contributed by atoms with Crippen molar-refractivity contribution in [1.29, 1.82) is 0 Å². The van der Waals surface area contributed by atoms with Gasteiger partial charge in [-0.15, -0.1) is 0 Å². The molecule has 1 nitrogen and oxygen atoms in total. The summed E-state index contributed by atoms with van der Waals surface area (Å²) in [5.74, 6) is 0. The van der Waals surface area contributed by atoms with E-state index >= 15 is 0 Å². The van der Waals surface area contributed by atoms with Crippen LogP contribution in [0.4, 0.5) is 0 Å². The van der Waals surface area contributed by atoms with Crippen molar-refractivity contribution in [3.05, 3.63) is 69.7 Å². The van der Waals surface area contributed by atoms with Crippen LogP contribution >= 0.6 is 23.2 Å². The van der Waals surface area contributed by atoms with Crippen molar-refractivity contribution in [3.8, 4) is 0 Å². The molecular weight excluding hydrogens is 289 g/mol. The van der Waals surface area contributed by atoms with Gasteiger partial charge in [0.05, 0.1) is 0 Å². The highest BCUT2D eigenvalue weighted by atomic mass is 35.5. The largest absolute Gasteiger partial charge is 0.330 e. The summed E-state index contributed by atoms with van der Waals surface area (Å²) >= 11 is 12.3. The predicted octanol–water partition coefficient (Wildman–Crippen LogP) is 4.84. The first-order valence-corrected chi connectivity index (χ1v) is 7.56. The van der Waals surface area contributed by atoms with Crippen LogP contribution in [0.1, 0.15) is 24.5 Å². The second kappa shape index (κ2) is 6.62. The zero-order chi connectivity index (χ0) is 14.6. The van der Waals surface area contributed by atoms with Gasteiger partial charge in [-0.2, -0.15) is 0 Å².